The summed E-state index contributed by atoms with van der Waals surface area (Å²) in [5, 5.41) is 12.1. The zero-order valence-electron chi connectivity index (χ0n) is 8.58. The molecule has 1 aromatic heterocycles. The van der Waals surface area contributed by atoms with Gasteiger partial charge in [0.2, 0.25) is 5.91 Å². The average molecular weight is 206 g/mol. The van der Waals surface area contributed by atoms with Gasteiger partial charge >= 0.3 is 0 Å². The highest BCUT2D eigenvalue weighted by molar-refractivity contribution is 5.78. The lowest BCUT2D eigenvalue weighted by Gasteiger charge is -2.11. The molecule has 0 aliphatic heterocycles. The maximum Gasteiger partial charge on any atom is 0.234 e. The number of aromatic nitrogens is 2. The normalized spacial score (nSPS) is 11.7. The summed E-state index contributed by atoms with van der Waals surface area (Å²) in [5.74, 6) is 2.31. The highest BCUT2D eigenvalue weighted by atomic mass is 16.1. The molecule has 0 saturated heterocycles. The second-order valence-electron chi connectivity index (χ2n) is 3.13. The van der Waals surface area contributed by atoms with Gasteiger partial charge in [-0.25, -0.2) is 0 Å². The van der Waals surface area contributed by atoms with Crippen LogP contribution in [-0.2, 0) is 4.79 Å². The first-order valence-corrected chi connectivity index (χ1v) is 4.66. The average Bonchev–Trinajstić information content (AvgIpc) is 2.70. The lowest BCUT2D eigenvalue weighted by Crippen LogP contribution is -2.35. The fraction of sp³-hybridized carbons (Fsp3) is 0.400. The Kier molecular flexibility index (Phi) is 4.38. The molecule has 0 bridgehead atoms. The number of H-pyrrole nitrogens is 1. The third-order valence-corrected chi connectivity index (χ3v) is 1.91. The molecular weight excluding hydrogens is 192 g/mol. The van der Waals surface area contributed by atoms with Crippen LogP contribution in [0, 0.1) is 12.3 Å². The highest BCUT2D eigenvalue weighted by Crippen LogP contribution is 2.07. The van der Waals surface area contributed by atoms with Gasteiger partial charge in [0.05, 0.1) is 25.3 Å². The topological polar surface area (TPSA) is 69.8 Å². The number of aromatic amines is 1. The summed E-state index contributed by atoms with van der Waals surface area (Å²) in [6.45, 7) is 2.52. The molecule has 1 rings (SSSR count). The molecule has 0 fully saturated rings. The van der Waals surface area contributed by atoms with Gasteiger partial charge in [-0.05, 0) is 6.92 Å². The van der Waals surface area contributed by atoms with Crippen molar-refractivity contribution in [1.29, 1.82) is 0 Å². The minimum absolute atomic E-state index is 0.0520. The third kappa shape index (κ3) is 3.83. The molecule has 1 amide bonds. The van der Waals surface area contributed by atoms with Gasteiger partial charge in [-0.15, -0.1) is 6.42 Å². The third-order valence-electron chi connectivity index (χ3n) is 1.91. The van der Waals surface area contributed by atoms with Crippen molar-refractivity contribution in [2.75, 3.05) is 13.1 Å². The molecule has 5 nitrogen and oxygen atoms in total. The first-order chi connectivity index (χ1) is 7.24. The summed E-state index contributed by atoms with van der Waals surface area (Å²) in [7, 11) is 0. The molecule has 0 spiro atoms. The van der Waals surface area contributed by atoms with Crippen LogP contribution in [0.3, 0.4) is 0 Å². The van der Waals surface area contributed by atoms with Crippen LogP contribution in [0.5, 0.6) is 0 Å². The fourth-order valence-electron chi connectivity index (χ4n) is 1.12. The predicted octanol–water partition coefficient (Wildman–Crippen LogP) is -0.190. The summed E-state index contributed by atoms with van der Waals surface area (Å²) < 4.78 is 0. The van der Waals surface area contributed by atoms with E-state index in [0.29, 0.717) is 6.54 Å². The van der Waals surface area contributed by atoms with E-state index in [0.717, 1.165) is 5.56 Å². The number of carbonyl (C=O) groups is 1. The molecule has 1 unspecified atom stereocenters. The number of hydrogen-bond acceptors (Lipinski definition) is 3. The van der Waals surface area contributed by atoms with Gasteiger partial charge in [-0.3, -0.25) is 15.2 Å². The minimum atomic E-state index is -0.0843. The van der Waals surface area contributed by atoms with Crippen LogP contribution >= 0.6 is 0 Å². The molecule has 0 aromatic carbocycles. The maximum absolute atomic E-state index is 11.4. The van der Waals surface area contributed by atoms with Crippen LogP contribution in [0.15, 0.2) is 12.4 Å². The summed E-state index contributed by atoms with van der Waals surface area (Å²) in [6, 6.07) is -0.0520. The molecule has 0 radical (unpaired) electrons. The van der Waals surface area contributed by atoms with E-state index in [1.807, 2.05) is 6.92 Å². The summed E-state index contributed by atoms with van der Waals surface area (Å²) in [6.07, 6.45) is 8.47. The standard InChI is InChI=1S/C10H14N4O/c1-3-4-11-7-10(15)14-8(2)9-5-12-13-6-9/h1,5-6,8,11H,4,7H2,2H3,(H,12,13)(H,14,15). The lowest BCUT2D eigenvalue weighted by atomic mass is 10.2. The van der Waals surface area contributed by atoms with Gasteiger partial charge in [-0.1, -0.05) is 5.92 Å². The van der Waals surface area contributed by atoms with Gasteiger partial charge in [0, 0.05) is 11.8 Å². The molecule has 1 heterocycles. The smallest absolute Gasteiger partial charge is 0.234 e. The molecule has 15 heavy (non-hydrogen) atoms. The number of nitrogens with zero attached hydrogens (tertiary/aromatic N) is 1. The van der Waals surface area contributed by atoms with Crippen molar-refractivity contribution in [3.8, 4) is 12.3 Å². The number of amides is 1. The van der Waals surface area contributed by atoms with Gasteiger partial charge in [-0.2, -0.15) is 5.10 Å². The Hall–Kier alpha value is -1.80. The van der Waals surface area contributed by atoms with Crippen LogP contribution in [0.25, 0.3) is 0 Å². The zero-order valence-corrected chi connectivity index (χ0v) is 8.58. The van der Waals surface area contributed by atoms with Crippen molar-refractivity contribution in [1.82, 2.24) is 20.8 Å². The van der Waals surface area contributed by atoms with E-state index < -0.39 is 0 Å². The van der Waals surface area contributed by atoms with Gasteiger partial charge in [0.1, 0.15) is 0 Å². The summed E-state index contributed by atoms with van der Waals surface area (Å²) >= 11 is 0. The molecular formula is C10H14N4O. The maximum atomic E-state index is 11.4. The summed E-state index contributed by atoms with van der Waals surface area (Å²) in [5.41, 5.74) is 0.945. The van der Waals surface area contributed by atoms with E-state index in [-0.39, 0.29) is 18.5 Å². The van der Waals surface area contributed by atoms with Crippen molar-refractivity contribution in [2.24, 2.45) is 0 Å². The van der Waals surface area contributed by atoms with Crippen molar-refractivity contribution < 1.29 is 4.79 Å². The Balaban J connectivity index is 2.29. The van der Waals surface area contributed by atoms with Crippen LogP contribution in [0.1, 0.15) is 18.5 Å². The SMILES string of the molecule is C#CCNCC(=O)NC(C)c1cn[nH]c1. The first-order valence-electron chi connectivity index (χ1n) is 4.66. The molecule has 1 aromatic rings. The highest BCUT2D eigenvalue weighted by Gasteiger charge is 2.09. The van der Waals surface area contributed by atoms with E-state index in [2.05, 4.69) is 26.8 Å². The number of hydrogen-bond donors (Lipinski definition) is 3. The van der Waals surface area contributed by atoms with Crippen LogP contribution in [0.4, 0.5) is 0 Å². The van der Waals surface area contributed by atoms with E-state index >= 15 is 0 Å². The van der Waals surface area contributed by atoms with Gasteiger partial charge in [0.15, 0.2) is 0 Å². The number of terminal acetylenes is 1. The molecule has 5 heteroatoms. The summed E-state index contributed by atoms with van der Waals surface area (Å²) in [4.78, 5) is 11.4. The van der Waals surface area contributed by atoms with Gasteiger partial charge < -0.3 is 5.32 Å². The van der Waals surface area contributed by atoms with E-state index in [1.165, 1.54) is 0 Å². The first kappa shape index (κ1) is 11.3. The minimum Gasteiger partial charge on any atom is -0.348 e. The number of nitrogens with one attached hydrogen (secondary N) is 3. The van der Waals surface area contributed by atoms with Crippen molar-refractivity contribution in [3.05, 3.63) is 18.0 Å². The van der Waals surface area contributed by atoms with Crippen LogP contribution < -0.4 is 10.6 Å². The van der Waals surface area contributed by atoms with Crippen LogP contribution in [-0.4, -0.2) is 29.2 Å². The molecule has 0 aliphatic carbocycles. The van der Waals surface area contributed by atoms with Crippen molar-refractivity contribution in [3.63, 3.8) is 0 Å². The molecule has 80 valence electrons. The Morgan fingerprint density at radius 3 is 3.20 bits per heavy atom. The largest absolute Gasteiger partial charge is 0.348 e. The molecule has 0 aliphatic rings. The fourth-order valence-corrected chi connectivity index (χ4v) is 1.12. The van der Waals surface area contributed by atoms with E-state index in [1.54, 1.807) is 12.4 Å². The van der Waals surface area contributed by atoms with Gasteiger partial charge in [0.25, 0.3) is 0 Å². The van der Waals surface area contributed by atoms with Crippen LogP contribution in [0.2, 0.25) is 0 Å². The Labute approximate surface area is 88.6 Å². The Morgan fingerprint density at radius 1 is 1.80 bits per heavy atom. The van der Waals surface area contributed by atoms with Crippen molar-refractivity contribution >= 4 is 5.91 Å². The predicted molar refractivity (Wildman–Crippen MR) is 56.8 cm³/mol. The number of rotatable bonds is 5. The van der Waals surface area contributed by atoms with Crippen molar-refractivity contribution in [2.45, 2.75) is 13.0 Å². The molecule has 0 saturated carbocycles. The number of carbonyl (C=O) groups excluding carboxylic acids is 1. The lowest BCUT2D eigenvalue weighted by molar-refractivity contribution is -0.120. The second kappa shape index (κ2) is 5.83. The Bertz CT molecular complexity index is 339. The second-order valence-corrected chi connectivity index (χ2v) is 3.13. The monoisotopic (exact) mass is 206 g/mol. The van der Waals surface area contributed by atoms with E-state index in [4.69, 9.17) is 6.42 Å². The molecule has 1 atom stereocenters. The Morgan fingerprint density at radius 2 is 2.60 bits per heavy atom. The zero-order chi connectivity index (χ0) is 11.1. The quantitative estimate of drug-likeness (QED) is 0.462. The molecule has 3 N–H and O–H groups in total. The van der Waals surface area contributed by atoms with E-state index in [9.17, 15) is 4.79 Å².